The number of likely N-dealkylation sites (N-methyl/N-ethyl adjacent to an activating group) is 1. The molecule has 4 nitrogen and oxygen atoms in total. The van der Waals surface area contributed by atoms with Gasteiger partial charge in [-0.15, -0.1) is 0 Å². The first-order valence-electron chi connectivity index (χ1n) is 5.16. The lowest BCUT2D eigenvalue weighted by atomic mass is 10.2. The third-order valence-corrected chi connectivity index (χ3v) is 2.36. The monoisotopic (exact) mass is 238 g/mol. The molecule has 1 aromatic carbocycles. The van der Waals surface area contributed by atoms with Gasteiger partial charge in [0.15, 0.2) is 0 Å². The Balaban J connectivity index is 2.73. The van der Waals surface area contributed by atoms with E-state index in [1.54, 1.807) is 24.1 Å². The summed E-state index contributed by atoms with van der Waals surface area (Å²) < 4.78 is 18.2. The van der Waals surface area contributed by atoms with E-state index in [4.69, 9.17) is 10.00 Å². The molecule has 0 aliphatic carbocycles. The predicted molar refractivity (Wildman–Crippen MR) is 62.3 cm³/mol. The summed E-state index contributed by atoms with van der Waals surface area (Å²) in [5.41, 5.74) is 0.622. The Kier molecular flexibility index (Phi) is 4.88. The van der Waals surface area contributed by atoms with Gasteiger partial charge < -0.3 is 14.7 Å². The van der Waals surface area contributed by atoms with Crippen LogP contribution in [0, 0.1) is 17.1 Å². The number of hydrogen-bond acceptors (Lipinski definition) is 4. The molecular formula is C12H15FN2O2. The Morgan fingerprint density at radius 1 is 1.59 bits per heavy atom. The van der Waals surface area contributed by atoms with Gasteiger partial charge in [0.05, 0.1) is 18.3 Å². The smallest absolute Gasteiger partial charge is 0.143 e. The molecule has 1 atom stereocenters. The van der Waals surface area contributed by atoms with Crippen molar-refractivity contribution in [3.8, 4) is 6.07 Å². The maximum Gasteiger partial charge on any atom is 0.143 e. The molecule has 0 saturated heterocycles. The van der Waals surface area contributed by atoms with Gasteiger partial charge in [0.2, 0.25) is 0 Å². The van der Waals surface area contributed by atoms with Crippen molar-refractivity contribution in [1.29, 1.82) is 5.26 Å². The van der Waals surface area contributed by atoms with Crippen molar-refractivity contribution >= 4 is 5.69 Å². The van der Waals surface area contributed by atoms with Gasteiger partial charge >= 0.3 is 0 Å². The van der Waals surface area contributed by atoms with Crippen molar-refractivity contribution in [2.45, 2.75) is 6.10 Å². The van der Waals surface area contributed by atoms with Crippen LogP contribution < -0.4 is 4.90 Å². The molecule has 0 bridgehead atoms. The second-order valence-electron chi connectivity index (χ2n) is 3.77. The molecule has 92 valence electrons. The molecule has 0 aliphatic rings. The number of nitriles is 1. The van der Waals surface area contributed by atoms with Gasteiger partial charge in [-0.05, 0) is 18.2 Å². The molecule has 0 amide bonds. The van der Waals surface area contributed by atoms with Crippen LogP contribution >= 0.6 is 0 Å². The van der Waals surface area contributed by atoms with Gasteiger partial charge in [-0.3, -0.25) is 0 Å². The number of rotatable bonds is 5. The van der Waals surface area contributed by atoms with E-state index in [1.165, 1.54) is 19.2 Å². The fourth-order valence-corrected chi connectivity index (χ4v) is 1.50. The van der Waals surface area contributed by atoms with Gasteiger partial charge in [-0.25, -0.2) is 4.39 Å². The molecule has 0 spiro atoms. The van der Waals surface area contributed by atoms with Crippen LogP contribution in [0.5, 0.6) is 0 Å². The number of aliphatic hydroxyl groups is 1. The van der Waals surface area contributed by atoms with Crippen molar-refractivity contribution < 1.29 is 14.2 Å². The van der Waals surface area contributed by atoms with E-state index in [2.05, 4.69) is 0 Å². The van der Waals surface area contributed by atoms with Crippen LogP contribution in [0.2, 0.25) is 0 Å². The number of methoxy groups -OCH3 is 1. The Hall–Kier alpha value is -1.64. The van der Waals surface area contributed by atoms with Crippen LogP contribution in [-0.2, 0) is 4.74 Å². The lowest BCUT2D eigenvalue weighted by Crippen LogP contribution is -2.31. The minimum Gasteiger partial charge on any atom is -0.389 e. The molecule has 0 saturated carbocycles. The highest BCUT2D eigenvalue weighted by atomic mass is 19.1. The fraction of sp³-hybridized carbons (Fsp3) is 0.417. The van der Waals surface area contributed by atoms with Crippen LogP contribution in [0.15, 0.2) is 18.2 Å². The van der Waals surface area contributed by atoms with Crippen molar-refractivity contribution in [2.24, 2.45) is 0 Å². The molecule has 1 aromatic rings. The van der Waals surface area contributed by atoms with E-state index in [0.717, 1.165) is 0 Å². The predicted octanol–water partition coefficient (Wildman–Crippen LogP) is 1.14. The minimum atomic E-state index is -0.635. The Labute approximate surface area is 99.8 Å². The van der Waals surface area contributed by atoms with Crippen LogP contribution in [0.25, 0.3) is 0 Å². The quantitative estimate of drug-likeness (QED) is 0.835. The molecule has 0 aliphatic heterocycles. The van der Waals surface area contributed by atoms with E-state index < -0.39 is 11.9 Å². The first kappa shape index (κ1) is 13.4. The molecule has 5 heteroatoms. The minimum absolute atomic E-state index is 0.0135. The van der Waals surface area contributed by atoms with E-state index in [1.807, 2.05) is 0 Å². The molecule has 0 heterocycles. The number of anilines is 1. The van der Waals surface area contributed by atoms with E-state index in [0.29, 0.717) is 12.2 Å². The van der Waals surface area contributed by atoms with Gasteiger partial charge in [0.1, 0.15) is 11.9 Å². The first-order valence-corrected chi connectivity index (χ1v) is 5.16. The Bertz CT molecular complexity index is 417. The van der Waals surface area contributed by atoms with Crippen LogP contribution in [0.4, 0.5) is 10.1 Å². The Morgan fingerprint density at radius 2 is 2.29 bits per heavy atom. The molecule has 0 radical (unpaired) electrons. The van der Waals surface area contributed by atoms with Crippen molar-refractivity contribution in [1.82, 2.24) is 0 Å². The SMILES string of the molecule is COCC(O)CN(C)c1ccc(C#N)c(F)c1. The standard InChI is InChI=1S/C12H15FN2O2/c1-15(7-11(16)8-17-2)10-4-3-9(6-14)12(13)5-10/h3-5,11,16H,7-8H2,1-2H3. The zero-order valence-corrected chi connectivity index (χ0v) is 9.85. The summed E-state index contributed by atoms with van der Waals surface area (Å²) in [4.78, 5) is 1.70. The zero-order chi connectivity index (χ0) is 12.8. The molecule has 1 rings (SSSR count). The van der Waals surface area contributed by atoms with Crippen molar-refractivity contribution in [2.75, 3.05) is 32.2 Å². The summed E-state index contributed by atoms with van der Waals surface area (Å²) in [6.07, 6.45) is -0.635. The summed E-state index contributed by atoms with van der Waals surface area (Å²) in [5, 5.41) is 18.1. The lowest BCUT2D eigenvalue weighted by Gasteiger charge is -2.22. The molecule has 0 fully saturated rings. The first-order chi connectivity index (χ1) is 8.08. The number of benzene rings is 1. The molecule has 17 heavy (non-hydrogen) atoms. The van der Waals surface area contributed by atoms with Gasteiger partial charge in [-0.1, -0.05) is 0 Å². The van der Waals surface area contributed by atoms with Crippen molar-refractivity contribution in [3.63, 3.8) is 0 Å². The summed E-state index contributed by atoms with van der Waals surface area (Å²) in [6.45, 7) is 0.558. The normalized spacial score (nSPS) is 11.9. The van der Waals surface area contributed by atoms with Gasteiger partial charge in [0.25, 0.3) is 0 Å². The summed E-state index contributed by atoms with van der Waals surface area (Å²) >= 11 is 0. The van der Waals surface area contributed by atoms with Crippen LogP contribution in [-0.4, -0.2) is 38.5 Å². The van der Waals surface area contributed by atoms with Crippen molar-refractivity contribution in [3.05, 3.63) is 29.6 Å². The molecule has 1 N–H and O–H groups in total. The summed E-state index contributed by atoms with van der Waals surface area (Å²) in [5.74, 6) is -0.557. The average molecular weight is 238 g/mol. The van der Waals surface area contributed by atoms with E-state index >= 15 is 0 Å². The summed E-state index contributed by atoms with van der Waals surface area (Å²) in [7, 11) is 3.24. The number of nitrogens with zero attached hydrogens (tertiary/aromatic N) is 2. The molecule has 0 aromatic heterocycles. The third kappa shape index (κ3) is 3.70. The lowest BCUT2D eigenvalue weighted by molar-refractivity contribution is 0.0695. The highest BCUT2D eigenvalue weighted by Gasteiger charge is 2.10. The summed E-state index contributed by atoms with van der Waals surface area (Å²) in [6, 6.07) is 6.10. The van der Waals surface area contributed by atoms with Crippen LogP contribution in [0.3, 0.4) is 0 Å². The average Bonchev–Trinajstić information content (AvgIpc) is 2.29. The molecular weight excluding hydrogens is 223 g/mol. The largest absolute Gasteiger partial charge is 0.389 e. The highest BCUT2D eigenvalue weighted by molar-refractivity contribution is 5.49. The number of ether oxygens (including phenoxy) is 1. The second kappa shape index (κ2) is 6.18. The number of hydrogen-bond donors (Lipinski definition) is 1. The van der Waals surface area contributed by atoms with Gasteiger partial charge in [0, 0.05) is 26.4 Å². The fourth-order valence-electron chi connectivity index (χ4n) is 1.50. The maximum atomic E-state index is 13.4. The zero-order valence-electron chi connectivity index (χ0n) is 9.85. The second-order valence-corrected chi connectivity index (χ2v) is 3.77. The maximum absolute atomic E-state index is 13.4. The molecule has 1 unspecified atom stereocenters. The number of aliphatic hydroxyl groups excluding tert-OH is 1. The highest BCUT2D eigenvalue weighted by Crippen LogP contribution is 2.17. The topological polar surface area (TPSA) is 56.5 Å². The van der Waals surface area contributed by atoms with E-state index in [-0.39, 0.29) is 12.2 Å². The number of halogens is 1. The Morgan fingerprint density at radius 3 is 2.82 bits per heavy atom. The van der Waals surface area contributed by atoms with Gasteiger partial charge in [-0.2, -0.15) is 5.26 Å². The van der Waals surface area contributed by atoms with Crippen LogP contribution in [0.1, 0.15) is 5.56 Å². The van der Waals surface area contributed by atoms with E-state index in [9.17, 15) is 9.50 Å². The third-order valence-electron chi connectivity index (χ3n) is 2.36.